The first-order chi connectivity index (χ1) is 8.72. The molecule has 2 rings (SSSR count). The molecule has 0 N–H and O–H groups in total. The van der Waals surface area contributed by atoms with Crippen molar-refractivity contribution >= 4 is 17.4 Å². The first kappa shape index (κ1) is 12.7. The predicted octanol–water partition coefficient (Wildman–Crippen LogP) is 3.97. The quantitative estimate of drug-likeness (QED) is 0.778. The smallest absolute Gasteiger partial charge is 0.194 e. The van der Waals surface area contributed by atoms with Crippen LogP contribution in [0.1, 0.15) is 22.8 Å². The third-order valence-electron chi connectivity index (χ3n) is 2.55. The van der Waals surface area contributed by atoms with Gasteiger partial charge >= 0.3 is 0 Å². The Morgan fingerprint density at radius 3 is 2.39 bits per heavy atom. The lowest BCUT2D eigenvalue weighted by atomic mass is 10.0. The van der Waals surface area contributed by atoms with Crippen molar-refractivity contribution in [3.8, 4) is 5.75 Å². The fourth-order valence-electron chi connectivity index (χ4n) is 1.67. The highest BCUT2D eigenvalue weighted by atomic mass is 35.5. The second-order valence-corrected chi connectivity index (χ2v) is 4.17. The molecule has 18 heavy (non-hydrogen) atoms. The molecule has 0 aromatic heterocycles. The zero-order chi connectivity index (χ0) is 13.0. The van der Waals surface area contributed by atoms with E-state index in [1.165, 1.54) is 0 Å². The Morgan fingerprint density at radius 1 is 1.11 bits per heavy atom. The van der Waals surface area contributed by atoms with Crippen molar-refractivity contribution in [2.24, 2.45) is 0 Å². The zero-order valence-electron chi connectivity index (χ0n) is 10.0. The summed E-state index contributed by atoms with van der Waals surface area (Å²) in [7, 11) is 0. The highest BCUT2D eigenvalue weighted by molar-refractivity contribution is 6.34. The van der Waals surface area contributed by atoms with Crippen LogP contribution in [0.3, 0.4) is 0 Å². The standard InChI is InChI=1S/C15H13ClO2/c1-2-18-12-9-7-11(8-10-12)15(17)13-5-3-4-6-14(13)16/h3-10H,2H2,1H3. The molecule has 0 bridgehead atoms. The molecule has 2 nitrogen and oxygen atoms in total. The van der Waals surface area contributed by atoms with Gasteiger partial charge in [0.15, 0.2) is 5.78 Å². The summed E-state index contributed by atoms with van der Waals surface area (Å²) >= 11 is 6.00. The van der Waals surface area contributed by atoms with Crippen molar-refractivity contribution in [3.05, 3.63) is 64.7 Å². The normalized spacial score (nSPS) is 10.1. The molecule has 3 heteroatoms. The number of benzene rings is 2. The van der Waals surface area contributed by atoms with Crippen LogP contribution in [0.15, 0.2) is 48.5 Å². The van der Waals surface area contributed by atoms with E-state index in [0.29, 0.717) is 22.8 Å². The molecule has 0 fully saturated rings. The number of ketones is 1. The summed E-state index contributed by atoms with van der Waals surface area (Å²) in [5, 5.41) is 0.469. The fourth-order valence-corrected chi connectivity index (χ4v) is 1.89. The van der Waals surface area contributed by atoms with Gasteiger partial charge in [-0.1, -0.05) is 23.7 Å². The number of ether oxygens (including phenoxy) is 1. The molecule has 0 atom stereocenters. The first-order valence-electron chi connectivity index (χ1n) is 5.74. The molecule has 0 aliphatic carbocycles. The van der Waals surface area contributed by atoms with Gasteiger partial charge in [-0.15, -0.1) is 0 Å². The summed E-state index contributed by atoms with van der Waals surface area (Å²) in [6, 6.07) is 14.1. The van der Waals surface area contributed by atoms with Gasteiger partial charge < -0.3 is 4.74 Å². The van der Waals surface area contributed by atoms with Gasteiger partial charge in [-0.3, -0.25) is 4.79 Å². The predicted molar refractivity (Wildman–Crippen MR) is 72.5 cm³/mol. The van der Waals surface area contributed by atoms with Crippen molar-refractivity contribution in [1.29, 1.82) is 0 Å². The second-order valence-electron chi connectivity index (χ2n) is 3.77. The molecule has 0 spiro atoms. The fraction of sp³-hybridized carbons (Fsp3) is 0.133. The summed E-state index contributed by atoms with van der Waals surface area (Å²) in [5.74, 6) is 0.678. The van der Waals surface area contributed by atoms with Crippen molar-refractivity contribution in [2.75, 3.05) is 6.61 Å². The molecule has 92 valence electrons. The molecule has 0 aliphatic rings. The summed E-state index contributed by atoms with van der Waals surface area (Å²) in [5.41, 5.74) is 1.12. The third kappa shape index (κ3) is 2.71. The molecule has 0 amide bonds. The van der Waals surface area contributed by atoms with Gasteiger partial charge in [0.25, 0.3) is 0 Å². The minimum Gasteiger partial charge on any atom is -0.494 e. The van der Waals surface area contributed by atoms with Gasteiger partial charge in [-0.2, -0.15) is 0 Å². The highest BCUT2D eigenvalue weighted by Crippen LogP contribution is 2.20. The Labute approximate surface area is 111 Å². The Morgan fingerprint density at radius 2 is 1.78 bits per heavy atom. The van der Waals surface area contributed by atoms with E-state index in [1.54, 1.807) is 48.5 Å². The van der Waals surface area contributed by atoms with Crippen LogP contribution in [-0.4, -0.2) is 12.4 Å². The number of hydrogen-bond donors (Lipinski definition) is 0. The Kier molecular flexibility index (Phi) is 4.00. The van der Waals surface area contributed by atoms with Crippen LogP contribution in [0.5, 0.6) is 5.75 Å². The van der Waals surface area contributed by atoms with E-state index in [4.69, 9.17) is 16.3 Å². The van der Waals surface area contributed by atoms with Crippen molar-refractivity contribution in [3.63, 3.8) is 0 Å². The summed E-state index contributed by atoms with van der Waals surface area (Å²) in [6.07, 6.45) is 0. The van der Waals surface area contributed by atoms with Gasteiger partial charge in [0.2, 0.25) is 0 Å². The summed E-state index contributed by atoms with van der Waals surface area (Å²) in [6.45, 7) is 2.53. The molecule has 2 aromatic rings. The summed E-state index contributed by atoms with van der Waals surface area (Å²) < 4.78 is 5.33. The maximum Gasteiger partial charge on any atom is 0.194 e. The van der Waals surface area contributed by atoms with Gasteiger partial charge in [0.05, 0.1) is 11.6 Å². The lowest BCUT2D eigenvalue weighted by Gasteiger charge is -2.05. The molecule has 0 radical (unpaired) electrons. The molecular weight excluding hydrogens is 248 g/mol. The average molecular weight is 261 g/mol. The van der Waals surface area contributed by atoms with E-state index in [2.05, 4.69) is 0 Å². The molecule has 2 aromatic carbocycles. The van der Waals surface area contributed by atoms with Crippen LogP contribution in [0, 0.1) is 0 Å². The molecule has 0 unspecified atom stereocenters. The van der Waals surface area contributed by atoms with Crippen LogP contribution in [-0.2, 0) is 0 Å². The van der Waals surface area contributed by atoms with Gasteiger partial charge in [0, 0.05) is 11.1 Å². The Balaban J connectivity index is 2.27. The van der Waals surface area contributed by atoms with Crippen LogP contribution in [0.2, 0.25) is 5.02 Å². The monoisotopic (exact) mass is 260 g/mol. The average Bonchev–Trinajstić information content (AvgIpc) is 2.40. The van der Waals surface area contributed by atoms with Gasteiger partial charge in [-0.05, 0) is 43.3 Å². The third-order valence-corrected chi connectivity index (χ3v) is 2.88. The topological polar surface area (TPSA) is 26.3 Å². The minimum atomic E-state index is -0.0800. The first-order valence-corrected chi connectivity index (χ1v) is 6.12. The molecule has 0 saturated heterocycles. The van der Waals surface area contributed by atoms with Crippen molar-refractivity contribution in [1.82, 2.24) is 0 Å². The van der Waals surface area contributed by atoms with Crippen molar-refractivity contribution < 1.29 is 9.53 Å². The second kappa shape index (κ2) is 5.69. The lowest BCUT2D eigenvalue weighted by Crippen LogP contribution is -2.02. The zero-order valence-corrected chi connectivity index (χ0v) is 10.8. The van der Waals surface area contributed by atoms with E-state index in [9.17, 15) is 4.79 Å². The van der Waals surface area contributed by atoms with E-state index >= 15 is 0 Å². The Hall–Kier alpha value is -1.80. The minimum absolute atomic E-state index is 0.0800. The van der Waals surface area contributed by atoms with Crippen LogP contribution < -0.4 is 4.74 Å². The summed E-state index contributed by atoms with van der Waals surface area (Å²) in [4.78, 5) is 12.2. The van der Waals surface area contributed by atoms with E-state index in [1.807, 2.05) is 6.92 Å². The van der Waals surface area contributed by atoms with Crippen molar-refractivity contribution in [2.45, 2.75) is 6.92 Å². The van der Waals surface area contributed by atoms with Gasteiger partial charge in [-0.25, -0.2) is 0 Å². The van der Waals surface area contributed by atoms with Crippen LogP contribution >= 0.6 is 11.6 Å². The Bertz CT molecular complexity index is 547. The molecular formula is C15H13ClO2. The highest BCUT2D eigenvalue weighted by Gasteiger charge is 2.11. The number of hydrogen-bond acceptors (Lipinski definition) is 2. The molecule has 0 saturated carbocycles. The molecule has 0 heterocycles. The number of halogens is 1. The maximum absolute atomic E-state index is 12.2. The SMILES string of the molecule is CCOc1ccc(C(=O)c2ccccc2Cl)cc1. The number of carbonyl (C=O) groups excluding carboxylic acids is 1. The molecule has 0 aliphatic heterocycles. The number of rotatable bonds is 4. The maximum atomic E-state index is 12.2. The van der Waals surface area contributed by atoms with Gasteiger partial charge in [0.1, 0.15) is 5.75 Å². The number of carbonyl (C=O) groups is 1. The largest absolute Gasteiger partial charge is 0.494 e. The van der Waals surface area contributed by atoms with Crippen LogP contribution in [0.4, 0.5) is 0 Å². The lowest BCUT2D eigenvalue weighted by molar-refractivity contribution is 0.103. The van der Waals surface area contributed by atoms with E-state index < -0.39 is 0 Å². The van der Waals surface area contributed by atoms with E-state index in [-0.39, 0.29) is 5.78 Å². The van der Waals surface area contributed by atoms with Crippen LogP contribution in [0.25, 0.3) is 0 Å². The van der Waals surface area contributed by atoms with E-state index in [0.717, 1.165) is 5.75 Å².